The molecule has 0 amide bonds. The van der Waals surface area contributed by atoms with E-state index in [2.05, 4.69) is 51.2 Å². The van der Waals surface area contributed by atoms with E-state index in [9.17, 15) is 8.42 Å². The predicted molar refractivity (Wildman–Crippen MR) is 111 cm³/mol. The molecule has 26 heavy (non-hydrogen) atoms. The van der Waals surface area contributed by atoms with Gasteiger partial charge in [-0.2, -0.15) is 4.31 Å². The third kappa shape index (κ3) is 3.28. The molecule has 3 nitrogen and oxygen atoms in total. The average molecular weight is 388 g/mol. The Kier molecular flexibility index (Phi) is 5.16. The lowest BCUT2D eigenvalue weighted by Crippen LogP contribution is -2.50. The Hall–Kier alpha value is -1.43. The highest BCUT2D eigenvalue weighted by Gasteiger charge is 2.50. The van der Waals surface area contributed by atoms with Crippen LogP contribution in [0.15, 0.2) is 59.5 Å². The van der Waals surface area contributed by atoms with Gasteiger partial charge in [0.15, 0.2) is 0 Å². The molecule has 1 aliphatic heterocycles. The highest BCUT2D eigenvalue weighted by atomic mass is 32.2. The highest BCUT2D eigenvalue weighted by molar-refractivity contribution is 7.89. The second kappa shape index (κ2) is 6.95. The van der Waals surface area contributed by atoms with Gasteiger partial charge in [0, 0.05) is 12.1 Å². The van der Waals surface area contributed by atoms with Crippen LogP contribution >= 0.6 is 0 Å². The van der Waals surface area contributed by atoms with Crippen LogP contribution in [-0.2, 0) is 10.0 Å². The Morgan fingerprint density at radius 3 is 2.12 bits per heavy atom. The Morgan fingerprint density at radius 1 is 0.962 bits per heavy atom. The Bertz CT molecular complexity index is 863. The van der Waals surface area contributed by atoms with E-state index in [0.717, 1.165) is 12.0 Å². The number of hydrogen-bond donors (Lipinski definition) is 0. The zero-order valence-corrected chi connectivity index (χ0v) is 18.1. The fourth-order valence-corrected chi connectivity index (χ4v) is 10.3. The third-order valence-electron chi connectivity index (χ3n) is 6.05. The van der Waals surface area contributed by atoms with Crippen molar-refractivity contribution in [2.45, 2.75) is 62.8 Å². The molecule has 1 aliphatic rings. The van der Waals surface area contributed by atoms with Crippen molar-refractivity contribution < 1.29 is 8.42 Å². The summed E-state index contributed by atoms with van der Waals surface area (Å²) >= 11 is 0. The van der Waals surface area contributed by atoms with E-state index >= 15 is 0 Å². The first kappa shape index (κ1) is 19.3. The topological polar surface area (TPSA) is 37.4 Å². The largest absolute Gasteiger partial charge is 0.243 e. The number of sulfonamides is 1. The quantitative estimate of drug-likeness (QED) is 0.739. The molecule has 0 radical (unpaired) electrons. The summed E-state index contributed by atoms with van der Waals surface area (Å²) in [5, 5.41) is 1.40. The molecule has 0 unspecified atom stereocenters. The molecule has 0 bridgehead atoms. The minimum Gasteiger partial charge on any atom is -0.207 e. The molecule has 0 N–H and O–H groups in total. The average Bonchev–Trinajstić information content (AvgIpc) is 2.92. The zero-order valence-electron chi connectivity index (χ0n) is 16.3. The molecule has 1 heterocycles. The van der Waals surface area contributed by atoms with Crippen molar-refractivity contribution in [3.05, 3.63) is 60.2 Å². The van der Waals surface area contributed by atoms with Gasteiger partial charge < -0.3 is 0 Å². The molecule has 3 atom stereocenters. The third-order valence-corrected chi connectivity index (χ3v) is 12.6. The lowest BCUT2D eigenvalue weighted by molar-refractivity contribution is 0.349. The van der Waals surface area contributed by atoms with Crippen LogP contribution in [0.1, 0.15) is 25.8 Å². The van der Waals surface area contributed by atoms with Crippen molar-refractivity contribution in [3.63, 3.8) is 0 Å². The van der Waals surface area contributed by atoms with E-state index in [1.807, 2.05) is 25.1 Å². The van der Waals surface area contributed by atoms with Gasteiger partial charge in [-0.05, 0) is 44.9 Å². The summed E-state index contributed by atoms with van der Waals surface area (Å²) in [4.78, 5) is 0.404. The Labute approximate surface area is 159 Å². The zero-order chi connectivity index (χ0) is 19.1. The normalized spacial score (nSPS) is 24.7. The number of hydrogen-bond acceptors (Lipinski definition) is 2. The minimum absolute atomic E-state index is 0.0122. The van der Waals surface area contributed by atoms with Crippen LogP contribution in [0.2, 0.25) is 18.6 Å². The molecule has 2 aromatic rings. The lowest BCUT2D eigenvalue weighted by atomic mass is 10.2. The van der Waals surface area contributed by atoms with Crippen molar-refractivity contribution in [2.75, 3.05) is 0 Å². The molecule has 2 aromatic carbocycles. The fraction of sp³-hybridized carbons (Fsp3) is 0.429. The number of benzene rings is 2. The molecule has 1 saturated heterocycles. The first-order valence-electron chi connectivity index (χ1n) is 9.31. The molecule has 0 spiro atoms. The maximum Gasteiger partial charge on any atom is 0.243 e. The van der Waals surface area contributed by atoms with Gasteiger partial charge >= 0.3 is 0 Å². The molecular formula is C21H29NO2SSi. The van der Waals surface area contributed by atoms with E-state index < -0.39 is 18.1 Å². The molecule has 0 saturated carbocycles. The molecular weight excluding hydrogens is 358 g/mol. The predicted octanol–water partition coefficient (Wildman–Crippen LogP) is 4.15. The maximum absolute atomic E-state index is 13.3. The maximum atomic E-state index is 13.3. The van der Waals surface area contributed by atoms with Crippen LogP contribution in [0.25, 0.3) is 0 Å². The summed E-state index contributed by atoms with van der Waals surface area (Å²) in [5.74, 6) is 0. The first-order valence-corrected chi connectivity index (χ1v) is 13.8. The van der Waals surface area contributed by atoms with Crippen molar-refractivity contribution in [2.24, 2.45) is 0 Å². The van der Waals surface area contributed by atoms with Crippen molar-refractivity contribution >= 4 is 23.3 Å². The fourth-order valence-electron chi connectivity index (χ4n) is 4.51. The summed E-state index contributed by atoms with van der Waals surface area (Å²) in [7, 11) is -5.26. The van der Waals surface area contributed by atoms with Crippen LogP contribution in [0.3, 0.4) is 0 Å². The van der Waals surface area contributed by atoms with Gasteiger partial charge in [-0.25, -0.2) is 8.42 Å². The van der Waals surface area contributed by atoms with E-state index in [1.54, 1.807) is 16.4 Å². The SMILES string of the molecule is Cc1ccc(S(=O)(=O)N2[C@@H](C)C[C@@H]([Si](C)(C)c3ccccc3)[C@@H]2C)cc1. The van der Waals surface area contributed by atoms with Gasteiger partial charge in [0.25, 0.3) is 0 Å². The van der Waals surface area contributed by atoms with Gasteiger partial charge in [-0.15, -0.1) is 0 Å². The number of rotatable bonds is 4. The van der Waals surface area contributed by atoms with Gasteiger partial charge in [-0.1, -0.05) is 66.3 Å². The highest BCUT2D eigenvalue weighted by Crippen LogP contribution is 2.43. The van der Waals surface area contributed by atoms with E-state index in [-0.39, 0.29) is 12.1 Å². The second-order valence-electron chi connectivity index (χ2n) is 8.17. The summed E-state index contributed by atoms with van der Waals surface area (Å²) in [5.41, 5.74) is 1.47. The van der Waals surface area contributed by atoms with Gasteiger partial charge in [0.05, 0.1) is 13.0 Å². The monoisotopic (exact) mass is 387 g/mol. The van der Waals surface area contributed by atoms with Crippen LogP contribution in [0.4, 0.5) is 0 Å². The van der Waals surface area contributed by atoms with Crippen molar-refractivity contribution in [1.82, 2.24) is 4.31 Å². The van der Waals surface area contributed by atoms with E-state index in [0.29, 0.717) is 10.4 Å². The minimum atomic E-state index is -3.47. The molecule has 0 aliphatic carbocycles. The van der Waals surface area contributed by atoms with Gasteiger partial charge in [0.2, 0.25) is 10.0 Å². The van der Waals surface area contributed by atoms with Crippen LogP contribution in [-0.4, -0.2) is 32.9 Å². The second-order valence-corrected chi connectivity index (χ2v) is 14.8. The van der Waals surface area contributed by atoms with E-state index in [4.69, 9.17) is 0 Å². The summed E-state index contributed by atoms with van der Waals surface area (Å²) in [6.07, 6.45) is 0.931. The molecule has 3 rings (SSSR count). The van der Waals surface area contributed by atoms with Gasteiger partial charge in [0.1, 0.15) is 0 Å². The smallest absolute Gasteiger partial charge is 0.207 e. The summed E-state index contributed by atoms with van der Waals surface area (Å²) < 4.78 is 28.4. The molecule has 140 valence electrons. The molecule has 5 heteroatoms. The molecule has 1 fully saturated rings. The first-order chi connectivity index (χ1) is 12.2. The standard InChI is InChI=1S/C21H29NO2SSi/c1-16-11-13-19(14-12-16)25(23,24)22-17(2)15-21(18(22)3)26(4,5)20-9-7-6-8-10-20/h6-14,17-18,21H,15H2,1-5H3/t17-,18-,21+/m0/s1. The van der Waals surface area contributed by atoms with Crippen LogP contribution < -0.4 is 5.19 Å². The summed E-state index contributed by atoms with van der Waals surface area (Å²) in [6.45, 7) is 10.9. The number of nitrogens with zero attached hydrogens (tertiary/aromatic N) is 1. The lowest BCUT2D eigenvalue weighted by Gasteiger charge is -2.34. The van der Waals surface area contributed by atoms with Crippen molar-refractivity contribution in [3.8, 4) is 0 Å². The Morgan fingerprint density at radius 2 is 1.54 bits per heavy atom. The van der Waals surface area contributed by atoms with Crippen LogP contribution in [0.5, 0.6) is 0 Å². The summed E-state index contributed by atoms with van der Waals surface area (Å²) in [6, 6.07) is 17.9. The Balaban J connectivity index is 1.95. The van der Waals surface area contributed by atoms with Gasteiger partial charge in [-0.3, -0.25) is 0 Å². The van der Waals surface area contributed by atoms with E-state index in [1.165, 1.54) is 5.19 Å². The number of aryl methyl sites for hydroxylation is 1. The van der Waals surface area contributed by atoms with Crippen molar-refractivity contribution in [1.29, 1.82) is 0 Å². The van der Waals surface area contributed by atoms with Crippen LogP contribution in [0, 0.1) is 6.92 Å². The molecule has 0 aromatic heterocycles.